The highest BCUT2D eigenvalue weighted by Gasteiger charge is 2.30. The zero-order chi connectivity index (χ0) is 21.1. The Bertz CT molecular complexity index is 1070. The lowest BCUT2D eigenvalue weighted by atomic mass is 9.94. The molecule has 1 aliphatic heterocycles. The van der Waals surface area contributed by atoms with Crippen molar-refractivity contribution in [1.82, 2.24) is 19.9 Å². The number of hydrogen-bond acceptors (Lipinski definition) is 5. The molecule has 0 aliphatic carbocycles. The molecule has 30 heavy (non-hydrogen) atoms. The molecule has 7 heteroatoms. The Balaban J connectivity index is 1.48. The van der Waals surface area contributed by atoms with Crippen LogP contribution < -0.4 is 4.74 Å². The van der Waals surface area contributed by atoms with Gasteiger partial charge in [0.15, 0.2) is 0 Å². The monoisotopic (exact) mass is 422 g/mol. The molecule has 3 heterocycles. The molecule has 0 radical (unpaired) electrons. The quantitative estimate of drug-likeness (QED) is 0.589. The maximum absolute atomic E-state index is 12.8. The summed E-state index contributed by atoms with van der Waals surface area (Å²) in [6, 6.07) is 9.49. The van der Waals surface area contributed by atoms with Gasteiger partial charge in [0.2, 0.25) is 5.88 Å². The van der Waals surface area contributed by atoms with Crippen molar-refractivity contribution in [3.05, 3.63) is 76.5 Å². The summed E-state index contributed by atoms with van der Waals surface area (Å²) in [5.41, 5.74) is 3.65. The molecule has 0 spiro atoms. The lowest BCUT2D eigenvalue weighted by Crippen LogP contribution is -2.29. The van der Waals surface area contributed by atoms with E-state index >= 15 is 0 Å². The average Bonchev–Trinajstić information content (AvgIpc) is 3.24. The third-order valence-corrected chi connectivity index (χ3v) is 5.76. The standard InChI is InChI=1S/C23H23ClN4O2/c1-3-16-12-25-14-27-22(16)30-18-6-7-19(15(2)11-18)17-8-10-28(13-17)23(29)21-20(24)5-4-9-26-21/h4-7,9,11-12,14,17H,3,8,10,13H2,1-2H3. The lowest BCUT2D eigenvalue weighted by molar-refractivity contribution is 0.0785. The van der Waals surface area contributed by atoms with E-state index in [1.807, 2.05) is 24.0 Å². The van der Waals surface area contributed by atoms with E-state index in [-0.39, 0.29) is 11.8 Å². The molecule has 2 aromatic heterocycles. The van der Waals surface area contributed by atoms with E-state index in [2.05, 4.69) is 27.9 Å². The fourth-order valence-electron chi connectivity index (χ4n) is 3.85. The van der Waals surface area contributed by atoms with Crippen molar-refractivity contribution in [2.45, 2.75) is 32.6 Å². The average molecular weight is 423 g/mol. The van der Waals surface area contributed by atoms with Crippen LogP contribution in [0.4, 0.5) is 0 Å². The van der Waals surface area contributed by atoms with Gasteiger partial charge in [-0.25, -0.2) is 15.0 Å². The number of hydrogen-bond donors (Lipinski definition) is 0. The van der Waals surface area contributed by atoms with E-state index in [9.17, 15) is 4.79 Å². The topological polar surface area (TPSA) is 68.2 Å². The number of nitrogens with zero attached hydrogens (tertiary/aromatic N) is 4. The number of benzene rings is 1. The smallest absolute Gasteiger partial charge is 0.274 e. The van der Waals surface area contributed by atoms with Crippen LogP contribution in [0.1, 0.15) is 46.4 Å². The molecule has 1 aromatic carbocycles. The van der Waals surface area contributed by atoms with Gasteiger partial charge in [0.05, 0.1) is 5.02 Å². The first-order valence-electron chi connectivity index (χ1n) is 10.0. The number of halogens is 1. The molecule has 4 rings (SSSR count). The van der Waals surface area contributed by atoms with Gasteiger partial charge >= 0.3 is 0 Å². The van der Waals surface area contributed by atoms with Gasteiger partial charge in [0.1, 0.15) is 17.8 Å². The summed E-state index contributed by atoms with van der Waals surface area (Å²) >= 11 is 6.15. The molecule has 0 saturated carbocycles. The van der Waals surface area contributed by atoms with E-state index in [0.29, 0.717) is 29.7 Å². The van der Waals surface area contributed by atoms with Crippen molar-refractivity contribution in [1.29, 1.82) is 0 Å². The number of pyridine rings is 1. The molecule has 1 unspecified atom stereocenters. The molecule has 6 nitrogen and oxygen atoms in total. The van der Waals surface area contributed by atoms with Gasteiger partial charge in [-0.2, -0.15) is 0 Å². The first-order valence-corrected chi connectivity index (χ1v) is 10.4. The summed E-state index contributed by atoms with van der Waals surface area (Å²) in [6.45, 7) is 5.46. The zero-order valence-corrected chi connectivity index (χ0v) is 17.8. The number of amides is 1. The summed E-state index contributed by atoms with van der Waals surface area (Å²) in [7, 11) is 0. The predicted molar refractivity (Wildman–Crippen MR) is 115 cm³/mol. The minimum atomic E-state index is -0.114. The van der Waals surface area contributed by atoms with Crippen LogP contribution in [-0.4, -0.2) is 38.8 Å². The van der Waals surface area contributed by atoms with Crippen molar-refractivity contribution >= 4 is 17.5 Å². The zero-order valence-electron chi connectivity index (χ0n) is 17.0. The van der Waals surface area contributed by atoms with Gasteiger partial charge in [-0.05, 0) is 55.2 Å². The summed E-state index contributed by atoms with van der Waals surface area (Å²) < 4.78 is 5.99. The molecule has 1 saturated heterocycles. The summed E-state index contributed by atoms with van der Waals surface area (Å²) in [5, 5.41) is 0.389. The van der Waals surface area contributed by atoms with E-state index < -0.39 is 0 Å². The second-order valence-electron chi connectivity index (χ2n) is 7.40. The second kappa shape index (κ2) is 8.79. The van der Waals surface area contributed by atoms with Gasteiger partial charge in [-0.15, -0.1) is 0 Å². The number of ether oxygens (including phenoxy) is 1. The number of rotatable bonds is 5. The number of carbonyl (C=O) groups is 1. The number of aromatic nitrogens is 3. The Morgan fingerprint density at radius 2 is 2.17 bits per heavy atom. The largest absolute Gasteiger partial charge is 0.439 e. The van der Waals surface area contributed by atoms with Gasteiger partial charge in [0.25, 0.3) is 5.91 Å². The minimum Gasteiger partial charge on any atom is -0.439 e. The summed E-state index contributed by atoms with van der Waals surface area (Å²) in [4.78, 5) is 27.1. The molecular formula is C23H23ClN4O2. The second-order valence-corrected chi connectivity index (χ2v) is 7.80. The van der Waals surface area contributed by atoms with Crippen LogP contribution in [-0.2, 0) is 6.42 Å². The Kier molecular flexibility index (Phi) is 5.95. The Morgan fingerprint density at radius 3 is 2.93 bits per heavy atom. The van der Waals surface area contributed by atoms with Gasteiger partial charge < -0.3 is 9.64 Å². The van der Waals surface area contributed by atoms with Crippen molar-refractivity contribution in [3.8, 4) is 11.6 Å². The molecular weight excluding hydrogens is 400 g/mol. The first-order chi connectivity index (χ1) is 14.6. The molecule has 0 bridgehead atoms. The molecule has 1 fully saturated rings. The fourth-order valence-corrected chi connectivity index (χ4v) is 4.06. The predicted octanol–water partition coefficient (Wildman–Crippen LogP) is 4.82. The van der Waals surface area contributed by atoms with Crippen LogP contribution in [0.2, 0.25) is 5.02 Å². The van der Waals surface area contributed by atoms with E-state index in [0.717, 1.165) is 29.7 Å². The van der Waals surface area contributed by atoms with Crippen LogP contribution >= 0.6 is 11.6 Å². The van der Waals surface area contributed by atoms with Crippen molar-refractivity contribution < 1.29 is 9.53 Å². The first kappa shape index (κ1) is 20.3. The van der Waals surface area contributed by atoms with Crippen LogP contribution in [0.3, 0.4) is 0 Å². The third kappa shape index (κ3) is 4.14. The Morgan fingerprint density at radius 1 is 1.30 bits per heavy atom. The molecule has 1 atom stereocenters. The van der Waals surface area contributed by atoms with Crippen LogP contribution in [0.5, 0.6) is 11.6 Å². The van der Waals surface area contributed by atoms with Crippen molar-refractivity contribution in [2.24, 2.45) is 0 Å². The van der Waals surface area contributed by atoms with E-state index in [4.69, 9.17) is 16.3 Å². The molecule has 1 amide bonds. The third-order valence-electron chi connectivity index (χ3n) is 5.46. The molecule has 3 aromatic rings. The highest BCUT2D eigenvalue weighted by Crippen LogP contribution is 2.33. The normalized spacial score (nSPS) is 16.0. The number of carbonyl (C=O) groups excluding carboxylic acids is 1. The Labute approximate surface area is 180 Å². The van der Waals surface area contributed by atoms with E-state index in [1.54, 1.807) is 24.5 Å². The molecule has 154 valence electrons. The molecule has 0 N–H and O–H groups in total. The highest BCUT2D eigenvalue weighted by atomic mass is 35.5. The minimum absolute atomic E-state index is 0.114. The van der Waals surface area contributed by atoms with Crippen molar-refractivity contribution in [3.63, 3.8) is 0 Å². The van der Waals surface area contributed by atoms with Crippen molar-refractivity contribution in [2.75, 3.05) is 13.1 Å². The van der Waals surface area contributed by atoms with Gasteiger partial charge in [0, 0.05) is 37.0 Å². The SMILES string of the molecule is CCc1cncnc1Oc1ccc(C2CCN(C(=O)c3ncccc3Cl)C2)c(C)c1. The van der Waals surface area contributed by atoms with Gasteiger partial charge in [-0.1, -0.05) is 24.6 Å². The van der Waals surface area contributed by atoms with Crippen LogP contribution in [0.25, 0.3) is 0 Å². The lowest BCUT2D eigenvalue weighted by Gasteiger charge is -2.18. The fraction of sp³-hybridized carbons (Fsp3) is 0.304. The summed E-state index contributed by atoms with van der Waals surface area (Å²) in [5.74, 6) is 1.49. The number of likely N-dealkylation sites (tertiary alicyclic amines) is 1. The van der Waals surface area contributed by atoms with Crippen LogP contribution in [0, 0.1) is 6.92 Å². The molecule has 1 aliphatic rings. The van der Waals surface area contributed by atoms with Crippen LogP contribution in [0.15, 0.2) is 49.1 Å². The number of aryl methyl sites for hydroxylation is 2. The Hall–Kier alpha value is -2.99. The highest BCUT2D eigenvalue weighted by molar-refractivity contribution is 6.33. The van der Waals surface area contributed by atoms with E-state index in [1.165, 1.54) is 11.9 Å². The van der Waals surface area contributed by atoms with Gasteiger partial charge in [-0.3, -0.25) is 4.79 Å². The maximum atomic E-state index is 12.8. The summed E-state index contributed by atoms with van der Waals surface area (Å²) in [6.07, 6.45) is 6.58. The maximum Gasteiger partial charge on any atom is 0.274 e.